The Labute approximate surface area is 83.1 Å². The van der Waals surface area contributed by atoms with E-state index in [9.17, 15) is 0 Å². The van der Waals surface area contributed by atoms with Gasteiger partial charge in [0.05, 0.1) is 0 Å². The summed E-state index contributed by atoms with van der Waals surface area (Å²) in [5.41, 5.74) is 0. The third-order valence-electron chi connectivity index (χ3n) is 5.06. The average Bonchev–Trinajstić information content (AvgIpc) is 2.27. The van der Waals surface area contributed by atoms with E-state index in [2.05, 4.69) is 27.7 Å². The first-order valence-corrected chi connectivity index (χ1v) is 6.11. The van der Waals surface area contributed by atoms with Crippen molar-refractivity contribution in [1.82, 2.24) is 0 Å². The predicted octanol–water partition coefficient (Wildman–Crippen LogP) is 3.96. The van der Waals surface area contributed by atoms with Crippen LogP contribution in [0.3, 0.4) is 0 Å². The summed E-state index contributed by atoms with van der Waals surface area (Å²) >= 11 is 0. The van der Waals surface area contributed by atoms with Crippen LogP contribution in [-0.4, -0.2) is 0 Å². The molecule has 3 unspecified atom stereocenters. The van der Waals surface area contributed by atoms with Gasteiger partial charge in [-0.25, -0.2) is 0 Å². The largest absolute Gasteiger partial charge is 0.0625 e. The molecule has 0 heterocycles. The summed E-state index contributed by atoms with van der Waals surface area (Å²) in [5.74, 6) is 6.21. The average molecular weight is 180 g/mol. The first kappa shape index (κ1) is 9.55. The van der Waals surface area contributed by atoms with Crippen molar-refractivity contribution in [3.8, 4) is 0 Å². The number of rotatable bonds is 2. The van der Waals surface area contributed by atoms with Crippen molar-refractivity contribution in [2.24, 2.45) is 35.5 Å². The molecule has 0 nitrogen and oxygen atoms in total. The fourth-order valence-electron chi connectivity index (χ4n) is 3.64. The van der Waals surface area contributed by atoms with Crippen molar-refractivity contribution in [3.63, 3.8) is 0 Å². The van der Waals surface area contributed by atoms with E-state index < -0.39 is 0 Å². The van der Waals surface area contributed by atoms with Crippen molar-refractivity contribution in [1.29, 1.82) is 0 Å². The predicted molar refractivity (Wildman–Crippen MR) is 57.5 cm³/mol. The summed E-state index contributed by atoms with van der Waals surface area (Å²) in [6.45, 7) is 9.70. The maximum atomic E-state index is 2.47. The summed E-state index contributed by atoms with van der Waals surface area (Å²) in [4.78, 5) is 0. The molecular formula is C13H24. The summed E-state index contributed by atoms with van der Waals surface area (Å²) < 4.78 is 0. The molecule has 0 saturated heterocycles. The van der Waals surface area contributed by atoms with Crippen LogP contribution in [0.1, 0.15) is 47.0 Å². The Hall–Kier alpha value is 0. The van der Waals surface area contributed by atoms with Crippen LogP contribution in [0.2, 0.25) is 0 Å². The zero-order valence-corrected chi connectivity index (χ0v) is 9.59. The number of hydrogen-bond donors (Lipinski definition) is 0. The Kier molecular flexibility index (Phi) is 2.42. The molecule has 5 atom stereocenters. The summed E-state index contributed by atoms with van der Waals surface area (Å²) in [5, 5.41) is 0. The third-order valence-corrected chi connectivity index (χ3v) is 5.06. The van der Waals surface area contributed by atoms with Crippen LogP contribution in [-0.2, 0) is 0 Å². The molecule has 0 radical (unpaired) electrons. The normalized spacial score (nSPS) is 45.9. The maximum absolute atomic E-state index is 2.47. The molecule has 2 rings (SSSR count). The van der Waals surface area contributed by atoms with Crippen LogP contribution in [0.15, 0.2) is 0 Å². The van der Waals surface area contributed by atoms with Crippen molar-refractivity contribution in [3.05, 3.63) is 0 Å². The summed E-state index contributed by atoms with van der Waals surface area (Å²) in [6, 6.07) is 0. The highest BCUT2D eigenvalue weighted by Gasteiger charge is 2.49. The van der Waals surface area contributed by atoms with E-state index in [4.69, 9.17) is 0 Å². The second kappa shape index (κ2) is 3.29. The quantitative estimate of drug-likeness (QED) is 0.603. The van der Waals surface area contributed by atoms with Gasteiger partial charge in [-0.1, -0.05) is 34.1 Å². The molecular weight excluding hydrogens is 156 g/mol. The van der Waals surface area contributed by atoms with Crippen molar-refractivity contribution in [2.45, 2.75) is 47.0 Å². The zero-order chi connectivity index (χ0) is 9.59. The van der Waals surface area contributed by atoms with Gasteiger partial charge in [-0.2, -0.15) is 0 Å². The first-order valence-electron chi connectivity index (χ1n) is 6.11. The van der Waals surface area contributed by atoms with E-state index in [1.54, 1.807) is 6.42 Å². The highest BCUT2D eigenvalue weighted by Crippen LogP contribution is 2.57. The van der Waals surface area contributed by atoms with E-state index in [-0.39, 0.29) is 0 Å². The minimum Gasteiger partial charge on any atom is -0.0625 e. The third kappa shape index (κ3) is 1.43. The van der Waals surface area contributed by atoms with Crippen LogP contribution in [0.25, 0.3) is 0 Å². The smallest absolute Gasteiger partial charge is 0.0352 e. The molecule has 0 bridgehead atoms. The van der Waals surface area contributed by atoms with Crippen LogP contribution in [0.5, 0.6) is 0 Å². The molecule has 0 N–H and O–H groups in total. The second-order valence-corrected chi connectivity index (χ2v) is 5.89. The van der Waals surface area contributed by atoms with Gasteiger partial charge in [0.15, 0.2) is 0 Å². The SMILES string of the molecule is CC(C)C(C)C1CC2[C@@H]1CC[C@H]2C. The van der Waals surface area contributed by atoms with Crippen LogP contribution < -0.4 is 0 Å². The van der Waals surface area contributed by atoms with E-state index in [0.29, 0.717) is 0 Å². The van der Waals surface area contributed by atoms with Crippen LogP contribution >= 0.6 is 0 Å². The van der Waals surface area contributed by atoms with Crippen molar-refractivity contribution in [2.75, 3.05) is 0 Å². The molecule has 0 aromatic carbocycles. The van der Waals surface area contributed by atoms with Gasteiger partial charge < -0.3 is 0 Å². The van der Waals surface area contributed by atoms with Crippen molar-refractivity contribution < 1.29 is 0 Å². The monoisotopic (exact) mass is 180 g/mol. The first-order chi connectivity index (χ1) is 6.11. The molecule has 0 aromatic heterocycles. The van der Waals surface area contributed by atoms with Gasteiger partial charge in [0.1, 0.15) is 0 Å². The van der Waals surface area contributed by atoms with Gasteiger partial charge in [-0.05, 0) is 48.3 Å². The number of hydrogen-bond acceptors (Lipinski definition) is 0. The Bertz CT molecular complexity index is 182. The van der Waals surface area contributed by atoms with Gasteiger partial charge in [0.2, 0.25) is 0 Å². The molecule has 2 aliphatic carbocycles. The molecule has 76 valence electrons. The van der Waals surface area contributed by atoms with E-state index in [1.165, 1.54) is 12.8 Å². The molecule has 2 aliphatic rings. The lowest BCUT2D eigenvalue weighted by Crippen LogP contribution is -2.40. The number of fused-ring (bicyclic) bond motifs is 1. The Balaban J connectivity index is 1.93. The molecule has 0 aromatic rings. The van der Waals surface area contributed by atoms with E-state index in [1.807, 2.05) is 0 Å². The Morgan fingerprint density at radius 2 is 1.69 bits per heavy atom. The highest BCUT2D eigenvalue weighted by atomic mass is 14.5. The lowest BCUT2D eigenvalue weighted by atomic mass is 9.58. The fourth-order valence-corrected chi connectivity index (χ4v) is 3.64. The molecule has 0 amide bonds. The second-order valence-electron chi connectivity index (χ2n) is 5.89. The standard InChI is InChI=1S/C13H24/c1-8(2)10(4)13-7-12-9(3)5-6-11(12)13/h8-13H,5-7H2,1-4H3/t9-,10?,11+,12?,13?/m1/s1. The zero-order valence-electron chi connectivity index (χ0n) is 9.59. The van der Waals surface area contributed by atoms with Crippen molar-refractivity contribution >= 4 is 0 Å². The summed E-state index contributed by atoms with van der Waals surface area (Å²) in [7, 11) is 0. The molecule has 0 aliphatic heterocycles. The Morgan fingerprint density at radius 3 is 2.23 bits per heavy atom. The molecule has 0 heteroatoms. The lowest BCUT2D eigenvalue weighted by Gasteiger charge is -2.47. The molecule has 13 heavy (non-hydrogen) atoms. The van der Waals surface area contributed by atoms with Gasteiger partial charge in [-0.15, -0.1) is 0 Å². The van der Waals surface area contributed by atoms with Crippen LogP contribution in [0.4, 0.5) is 0 Å². The van der Waals surface area contributed by atoms with E-state index >= 15 is 0 Å². The summed E-state index contributed by atoms with van der Waals surface area (Å²) in [6.07, 6.45) is 4.59. The van der Waals surface area contributed by atoms with E-state index in [0.717, 1.165) is 35.5 Å². The van der Waals surface area contributed by atoms with Crippen LogP contribution in [0, 0.1) is 35.5 Å². The van der Waals surface area contributed by atoms with Gasteiger partial charge in [0, 0.05) is 0 Å². The van der Waals surface area contributed by atoms with Gasteiger partial charge in [0.25, 0.3) is 0 Å². The highest BCUT2D eigenvalue weighted by molar-refractivity contribution is 4.98. The van der Waals surface area contributed by atoms with Gasteiger partial charge >= 0.3 is 0 Å². The maximum Gasteiger partial charge on any atom is -0.0352 e. The molecule has 2 saturated carbocycles. The Morgan fingerprint density at radius 1 is 1.00 bits per heavy atom. The minimum absolute atomic E-state index is 0.891. The minimum atomic E-state index is 0.891. The topological polar surface area (TPSA) is 0 Å². The lowest BCUT2D eigenvalue weighted by molar-refractivity contribution is 0.0196. The molecule has 2 fully saturated rings. The fraction of sp³-hybridized carbons (Fsp3) is 1.00. The van der Waals surface area contributed by atoms with Gasteiger partial charge in [-0.3, -0.25) is 0 Å². The molecule has 0 spiro atoms.